The molecule has 156 valence electrons. The van der Waals surface area contributed by atoms with E-state index in [1.807, 2.05) is 64.7 Å². The highest BCUT2D eigenvalue weighted by Crippen LogP contribution is 2.39. The molecular formula is C21H19N7O2S. The Bertz CT molecular complexity index is 1320. The van der Waals surface area contributed by atoms with E-state index in [-0.39, 0.29) is 0 Å². The lowest BCUT2D eigenvalue weighted by Crippen LogP contribution is -2.32. The maximum atomic E-state index is 12.1. The van der Waals surface area contributed by atoms with Crippen molar-refractivity contribution in [1.82, 2.24) is 35.2 Å². The van der Waals surface area contributed by atoms with Gasteiger partial charge in [0.2, 0.25) is 5.88 Å². The fourth-order valence-corrected chi connectivity index (χ4v) is 4.50. The highest BCUT2D eigenvalue weighted by molar-refractivity contribution is 7.08. The summed E-state index contributed by atoms with van der Waals surface area (Å²) in [6, 6.07) is 13.3. The Morgan fingerprint density at radius 3 is 2.65 bits per heavy atom. The summed E-state index contributed by atoms with van der Waals surface area (Å²) in [5, 5.41) is 30.0. The van der Waals surface area contributed by atoms with E-state index in [4.69, 9.17) is 9.72 Å². The van der Waals surface area contributed by atoms with E-state index in [2.05, 4.69) is 25.6 Å². The number of tetrazole rings is 1. The highest BCUT2D eigenvalue weighted by atomic mass is 32.1. The topological polar surface area (TPSA) is 115 Å². The van der Waals surface area contributed by atoms with E-state index >= 15 is 0 Å². The molecule has 0 aliphatic carbocycles. The molecule has 1 aromatic carbocycles. The molecule has 2 N–H and O–H groups in total. The molecule has 0 spiro atoms. The Balaban J connectivity index is 1.81. The number of hydrogen-bond donors (Lipinski definition) is 2. The molecule has 0 radical (unpaired) electrons. The maximum Gasteiger partial charge on any atom is 0.226 e. The first-order valence-electron chi connectivity index (χ1n) is 9.67. The molecule has 1 atom stereocenters. The summed E-state index contributed by atoms with van der Waals surface area (Å²) in [4.78, 5) is 9.37. The molecule has 0 saturated heterocycles. The van der Waals surface area contributed by atoms with Crippen LogP contribution < -0.4 is 4.74 Å². The summed E-state index contributed by atoms with van der Waals surface area (Å²) in [6.45, 7) is 2.58. The first-order chi connectivity index (χ1) is 15.2. The number of methoxy groups -OCH3 is 1. The van der Waals surface area contributed by atoms with Crippen molar-refractivity contribution in [2.45, 2.75) is 19.1 Å². The molecule has 9 nitrogen and oxygen atoms in total. The molecule has 0 saturated carbocycles. The number of imidazole rings is 1. The molecule has 10 heteroatoms. The van der Waals surface area contributed by atoms with Gasteiger partial charge in [0.1, 0.15) is 0 Å². The molecule has 0 bridgehead atoms. The van der Waals surface area contributed by atoms with Crippen molar-refractivity contribution in [2.24, 2.45) is 0 Å². The number of hydrogen-bond acceptors (Lipinski definition) is 8. The normalized spacial score (nSPS) is 13.4. The molecular weight excluding hydrogens is 414 g/mol. The van der Waals surface area contributed by atoms with Crippen LogP contribution in [0.25, 0.3) is 22.6 Å². The number of aromatic nitrogens is 7. The second kappa shape index (κ2) is 7.56. The molecule has 5 aromatic rings. The SMILES string of the molecule is CCn1c(C(O)(c2ccccc2)c2ccsc2)nc2nc(OC)c(-c3nnn[nH]3)cc21. The number of benzene rings is 1. The minimum absolute atomic E-state index is 0.345. The first kappa shape index (κ1) is 19.3. The lowest BCUT2D eigenvalue weighted by Gasteiger charge is -2.28. The quantitative estimate of drug-likeness (QED) is 0.423. The van der Waals surface area contributed by atoms with Crippen LogP contribution in [0.4, 0.5) is 0 Å². The zero-order valence-electron chi connectivity index (χ0n) is 16.9. The molecule has 5 rings (SSSR count). The monoisotopic (exact) mass is 433 g/mol. The Morgan fingerprint density at radius 2 is 2.00 bits per heavy atom. The van der Waals surface area contributed by atoms with Gasteiger partial charge >= 0.3 is 0 Å². The minimum Gasteiger partial charge on any atom is -0.480 e. The van der Waals surface area contributed by atoms with Gasteiger partial charge in [0.05, 0.1) is 18.2 Å². The second-order valence-corrected chi connectivity index (χ2v) is 7.69. The van der Waals surface area contributed by atoms with E-state index in [9.17, 15) is 5.11 Å². The summed E-state index contributed by atoms with van der Waals surface area (Å²) in [5.41, 5.74) is 1.85. The average molecular weight is 433 g/mol. The molecule has 4 aromatic heterocycles. The van der Waals surface area contributed by atoms with Crippen LogP contribution in [0.5, 0.6) is 5.88 Å². The molecule has 31 heavy (non-hydrogen) atoms. The maximum absolute atomic E-state index is 12.1. The van der Waals surface area contributed by atoms with Crippen LogP contribution in [0.15, 0.2) is 53.2 Å². The highest BCUT2D eigenvalue weighted by Gasteiger charge is 2.39. The van der Waals surface area contributed by atoms with Gasteiger partial charge in [0.15, 0.2) is 22.9 Å². The van der Waals surface area contributed by atoms with Crippen molar-refractivity contribution in [3.8, 4) is 17.3 Å². The number of aromatic amines is 1. The lowest BCUT2D eigenvalue weighted by atomic mass is 9.87. The van der Waals surface area contributed by atoms with Crippen molar-refractivity contribution >= 4 is 22.5 Å². The van der Waals surface area contributed by atoms with Gasteiger partial charge in [0.25, 0.3) is 0 Å². The van der Waals surface area contributed by atoms with Crippen LogP contribution in [0.2, 0.25) is 0 Å². The van der Waals surface area contributed by atoms with E-state index < -0.39 is 5.60 Å². The Morgan fingerprint density at radius 1 is 1.16 bits per heavy atom. The minimum atomic E-state index is -1.45. The van der Waals surface area contributed by atoms with Crippen molar-refractivity contribution < 1.29 is 9.84 Å². The van der Waals surface area contributed by atoms with Crippen LogP contribution in [0, 0.1) is 0 Å². The van der Waals surface area contributed by atoms with Crippen LogP contribution in [0.3, 0.4) is 0 Å². The lowest BCUT2D eigenvalue weighted by molar-refractivity contribution is 0.112. The van der Waals surface area contributed by atoms with Crippen LogP contribution in [-0.4, -0.2) is 47.4 Å². The zero-order valence-corrected chi connectivity index (χ0v) is 17.7. The van der Waals surface area contributed by atoms with Crippen LogP contribution >= 0.6 is 11.3 Å². The number of nitrogens with one attached hydrogen (secondary N) is 1. The number of pyridine rings is 1. The molecule has 1 unspecified atom stereocenters. The zero-order chi connectivity index (χ0) is 21.4. The van der Waals surface area contributed by atoms with E-state index in [0.717, 1.165) is 16.6 Å². The number of nitrogens with zero attached hydrogens (tertiary/aromatic N) is 6. The predicted molar refractivity (Wildman–Crippen MR) is 116 cm³/mol. The number of aliphatic hydroxyl groups is 1. The number of rotatable bonds is 6. The van der Waals surface area contributed by atoms with E-state index in [0.29, 0.717) is 35.3 Å². The van der Waals surface area contributed by atoms with Gasteiger partial charge in [-0.1, -0.05) is 30.3 Å². The Hall–Kier alpha value is -3.63. The van der Waals surface area contributed by atoms with Gasteiger partial charge in [-0.2, -0.15) is 16.3 Å². The largest absolute Gasteiger partial charge is 0.480 e. The molecule has 0 fully saturated rings. The molecule has 4 heterocycles. The van der Waals surface area contributed by atoms with Crippen LogP contribution in [-0.2, 0) is 12.1 Å². The van der Waals surface area contributed by atoms with E-state index in [1.165, 1.54) is 18.4 Å². The summed E-state index contributed by atoms with van der Waals surface area (Å²) >= 11 is 1.52. The molecule has 0 amide bonds. The third-order valence-corrected chi connectivity index (χ3v) is 5.95. The Kier molecular flexibility index (Phi) is 4.72. The van der Waals surface area contributed by atoms with E-state index in [1.54, 1.807) is 0 Å². The van der Waals surface area contributed by atoms with Gasteiger partial charge in [-0.05, 0) is 45.8 Å². The number of thiophene rings is 1. The average Bonchev–Trinajstić information content (AvgIpc) is 3.58. The summed E-state index contributed by atoms with van der Waals surface area (Å²) < 4.78 is 7.42. The molecule has 0 aliphatic heterocycles. The van der Waals surface area contributed by atoms with Crippen molar-refractivity contribution in [2.75, 3.05) is 7.11 Å². The number of aryl methyl sites for hydroxylation is 1. The standard InChI is InChI=1S/C21H19N7O2S/c1-3-28-16-11-15(17-24-26-27-25-17)19(30-2)22-18(16)23-20(28)21(29,14-9-10-31-12-14)13-7-5-4-6-8-13/h4-12,29H,3H2,1-2H3,(H,24,25,26,27). The van der Waals surface area contributed by atoms with Crippen molar-refractivity contribution in [1.29, 1.82) is 0 Å². The fourth-order valence-electron chi connectivity index (χ4n) is 3.80. The fraction of sp³-hybridized carbons (Fsp3) is 0.190. The van der Waals surface area contributed by atoms with Gasteiger partial charge in [0, 0.05) is 12.1 Å². The smallest absolute Gasteiger partial charge is 0.226 e. The Labute approximate surface area is 181 Å². The number of ether oxygens (including phenoxy) is 1. The molecule has 0 aliphatic rings. The van der Waals surface area contributed by atoms with Crippen molar-refractivity contribution in [3.05, 3.63) is 70.2 Å². The van der Waals surface area contributed by atoms with Gasteiger partial charge < -0.3 is 14.4 Å². The van der Waals surface area contributed by atoms with Crippen LogP contribution in [0.1, 0.15) is 23.9 Å². The van der Waals surface area contributed by atoms with Gasteiger partial charge in [-0.15, -0.1) is 5.10 Å². The third kappa shape index (κ3) is 2.99. The first-order valence-corrected chi connectivity index (χ1v) is 10.6. The summed E-state index contributed by atoms with van der Waals surface area (Å²) in [5.74, 6) is 1.27. The number of H-pyrrole nitrogens is 1. The summed E-state index contributed by atoms with van der Waals surface area (Å²) in [6.07, 6.45) is 0. The summed E-state index contributed by atoms with van der Waals surface area (Å²) in [7, 11) is 1.53. The number of fused-ring (bicyclic) bond motifs is 1. The second-order valence-electron chi connectivity index (χ2n) is 6.91. The van der Waals surface area contributed by atoms with Gasteiger partial charge in [-0.25, -0.2) is 10.1 Å². The predicted octanol–water partition coefficient (Wildman–Crippen LogP) is 2.99. The van der Waals surface area contributed by atoms with Crippen molar-refractivity contribution in [3.63, 3.8) is 0 Å². The third-order valence-electron chi connectivity index (χ3n) is 5.27. The van der Waals surface area contributed by atoms with Gasteiger partial charge in [-0.3, -0.25) is 0 Å².